The molecule has 12 nitrogen and oxygen atoms in total. The number of ketones is 1. The van der Waals surface area contributed by atoms with Crippen molar-refractivity contribution in [1.29, 1.82) is 0 Å². The molecule has 0 aliphatic heterocycles. The molecular formula is C34H44F6N4O8. The molecule has 0 aromatic heterocycles. The minimum absolute atomic E-state index is 0.0297. The van der Waals surface area contributed by atoms with Crippen LogP contribution in [0.1, 0.15) is 65.5 Å². The van der Waals surface area contributed by atoms with Crippen LogP contribution in [0.3, 0.4) is 0 Å². The number of hydrogen-bond acceptors (Lipinski definition) is 8. The average molecular weight is 751 g/mol. The maximum Gasteiger partial charge on any atom is 0.408 e. The van der Waals surface area contributed by atoms with Gasteiger partial charge >= 0.3 is 24.5 Å². The van der Waals surface area contributed by atoms with Crippen LogP contribution in [0, 0.1) is 0 Å². The number of ether oxygens (including phenoxy) is 2. The first-order valence-electron chi connectivity index (χ1n) is 15.7. The molecule has 2 aromatic carbocycles. The molecule has 0 heterocycles. The smallest absolute Gasteiger partial charge is 0.408 e. The van der Waals surface area contributed by atoms with Gasteiger partial charge in [0.05, 0.1) is 18.9 Å². The number of carbonyl (C=O) groups is 5. The predicted molar refractivity (Wildman–Crippen MR) is 175 cm³/mol. The predicted octanol–water partition coefficient (Wildman–Crippen LogP) is 5.23. The van der Waals surface area contributed by atoms with Crippen LogP contribution in [0.15, 0.2) is 60.7 Å². The van der Waals surface area contributed by atoms with Crippen LogP contribution in [-0.4, -0.2) is 76.6 Å². The molecule has 0 spiro atoms. The number of aliphatic hydroxyl groups is 1. The standard InChI is InChI=1S/C17H23F3N2O4.C17H21F3N2O4/c2*1-16(2,3)26-15(25)22-12(9-17(18,19)20)13(23)14(24)21-10-11-7-5-4-6-8-11/h4-8,12-13,23H,9-10H2,1-3H3,(H,21,24)(H,22,25);4-8,12H,9-10H2,1-3H3,(H,21,24)(H,22,25). The first-order chi connectivity index (χ1) is 23.7. The van der Waals surface area contributed by atoms with E-state index >= 15 is 0 Å². The first-order valence-corrected chi connectivity index (χ1v) is 15.7. The number of alkyl carbamates (subject to hydrolysis) is 2. The van der Waals surface area contributed by atoms with Gasteiger partial charge in [0, 0.05) is 13.1 Å². The summed E-state index contributed by atoms with van der Waals surface area (Å²) in [6.07, 6.45) is -17.2. The van der Waals surface area contributed by atoms with Crippen LogP contribution in [0.25, 0.3) is 0 Å². The number of halogens is 6. The summed E-state index contributed by atoms with van der Waals surface area (Å²) < 4.78 is 86.0. The zero-order valence-electron chi connectivity index (χ0n) is 29.4. The lowest BCUT2D eigenvalue weighted by atomic mass is 10.1. The van der Waals surface area contributed by atoms with Crippen LogP contribution in [-0.2, 0) is 36.9 Å². The van der Waals surface area contributed by atoms with Crippen LogP contribution >= 0.6 is 0 Å². The van der Waals surface area contributed by atoms with E-state index in [2.05, 4.69) is 10.6 Å². The number of hydrogen-bond donors (Lipinski definition) is 5. The van der Waals surface area contributed by atoms with Gasteiger partial charge in [-0.05, 0) is 52.7 Å². The van der Waals surface area contributed by atoms with Crippen LogP contribution in [0.2, 0.25) is 0 Å². The molecule has 0 aliphatic carbocycles. The van der Waals surface area contributed by atoms with Crippen LogP contribution in [0.4, 0.5) is 35.9 Å². The first kappa shape index (κ1) is 45.2. The molecule has 5 N–H and O–H groups in total. The molecule has 0 aliphatic rings. The van der Waals surface area contributed by atoms with Gasteiger partial charge in [0.1, 0.15) is 17.2 Å². The van der Waals surface area contributed by atoms with Gasteiger partial charge in [-0.25, -0.2) is 9.59 Å². The Kier molecular flexibility index (Phi) is 17.1. The highest BCUT2D eigenvalue weighted by atomic mass is 19.4. The highest BCUT2D eigenvalue weighted by Crippen LogP contribution is 2.24. The fourth-order valence-corrected chi connectivity index (χ4v) is 3.94. The van der Waals surface area contributed by atoms with Gasteiger partial charge in [0.15, 0.2) is 6.10 Å². The zero-order chi connectivity index (χ0) is 39.9. The van der Waals surface area contributed by atoms with Gasteiger partial charge in [-0.2, -0.15) is 26.3 Å². The Bertz CT molecular complexity index is 1460. The number of alkyl halides is 6. The second kappa shape index (κ2) is 19.7. The number of carbonyl (C=O) groups excluding carboxylic acids is 5. The molecule has 0 saturated carbocycles. The molecule has 18 heteroatoms. The van der Waals surface area contributed by atoms with Gasteiger partial charge in [-0.3, -0.25) is 14.4 Å². The van der Waals surface area contributed by atoms with Crippen molar-refractivity contribution in [2.45, 2.75) is 109 Å². The minimum atomic E-state index is -4.75. The lowest BCUT2D eigenvalue weighted by Gasteiger charge is -2.26. The largest absolute Gasteiger partial charge is 0.444 e. The van der Waals surface area contributed by atoms with E-state index in [9.17, 15) is 55.4 Å². The fourth-order valence-electron chi connectivity index (χ4n) is 3.94. The zero-order valence-corrected chi connectivity index (χ0v) is 29.4. The Morgan fingerprint density at radius 3 is 1.44 bits per heavy atom. The van der Waals surface area contributed by atoms with Crippen molar-refractivity contribution >= 4 is 29.8 Å². The van der Waals surface area contributed by atoms with Crippen LogP contribution in [0.5, 0.6) is 0 Å². The molecule has 4 amide bonds. The van der Waals surface area contributed by atoms with Crippen molar-refractivity contribution in [2.24, 2.45) is 0 Å². The van der Waals surface area contributed by atoms with Gasteiger partial charge < -0.3 is 35.8 Å². The van der Waals surface area contributed by atoms with Crippen molar-refractivity contribution in [1.82, 2.24) is 21.3 Å². The van der Waals surface area contributed by atoms with Crippen molar-refractivity contribution < 1.29 is 64.9 Å². The number of rotatable bonds is 12. The van der Waals surface area contributed by atoms with E-state index in [0.717, 1.165) is 0 Å². The Morgan fingerprint density at radius 1 is 0.635 bits per heavy atom. The van der Waals surface area contributed by atoms with E-state index in [1.54, 1.807) is 60.7 Å². The SMILES string of the molecule is CC(C)(C)OC(=O)NC(CC(F)(F)F)C(=O)C(=O)NCc1ccccc1.CC(C)(C)OC(=O)NC(CC(F)(F)F)C(O)C(=O)NCc1ccccc1. The third-order valence-corrected chi connectivity index (χ3v) is 6.08. The molecule has 0 saturated heterocycles. The highest BCUT2D eigenvalue weighted by Gasteiger charge is 2.40. The topological polar surface area (TPSA) is 172 Å². The molecule has 290 valence electrons. The Labute approximate surface area is 297 Å². The third-order valence-electron chi connectivity index (χ3n) is 6.08. The Hall–Kier alpha value is -4.87. The molecule has 0 radical (unpaired) electrons. The van der Waals surface area contributed by atoms with E-state index in [4.69, 9.17) is 9.47 Å². The Balaban J connectivity index is 0.000000520. The van der Waals surface area contributed by atoms with Crippen molar-refractivity contribution in [3.05, 3.63) is 71.8 Å². The maximum atomic E-state index is 12.7. The second-order valence-electron chi connectivity index (χ2n) is 13.3. The summed E-state index contributed by atoms with van der Waals surface area (Å²) in [7, 11) is 0. The molecule has 52 heavy (non-hydrogen) atoms. The summed E-state index contributed by atoms with van der Waals surface area (Å²) >= 11 is 0. The number of nitrogens with one attached hydrogen (secondary N) is 4. The minimum Gasteiger partial charge on any atom is -0.444 e. The average Bonchev–Trinajstić information content (AvgIpc) is 2.99. The van der Waals surface area contributed by atoms with E-state index in [-0.39, 0.29) is 13.1 Å². The van der Waals surface area contributed by atoms with Gasteiger partial charge in [-0.1, -0.05) is 60.7 Å². The molecular weight excluding hydrogens is 706 g/mol. The molecule has 0 bridgehead atoms. The summed E-state index contributed by atoms with van der Waals surface area (Å²) in [4.78, 5) is 59.3. The van der Waals surface area contributed by atoms with E-state index in [1.807, 2.05) is 10.6 Å². The number of Topliss-reactive ketones (excluding diaryl/α,β-unsaturated/α-hetero) is 1. The van der Waals surface area contributed by atoms with Crippen molar-refractivity contribution in [2.75, 3.05) is 0 Å². The summed E-state index contributed by atoms with van der Waals surface area (Å²) in [5.74, 6) is -3.65. The van der Waals surface area contributed by atoms with E-state index in [1.165, 1.54) is 41.5 Å². The summed E-state index contributed by atoms with van der Waals surface area (Å²) in [6.45, 7) is 9.15. The van der Waals surface area contributed by atoms with E-state index in [0.29, 0.717) is 11.1 Å². The van der Waals surface area contributed by atoms with Gasteiger partial charge in [0.25, 0.3) is 11.8 Å². The highest BCUT2D eigenvalue weighted by molar-refractivity contribution is 6.38. The fraction of sp³-hybridized carbons (Fsp3) is 0.500. The number of aliphatic hydroxyl groups excluding tert-OH is 1. The van der Waals surface area contributed by atoms with Gasteiger partial charge in [-0.15, -0.1) is 0 Å². The molecule has 3 atom stereocenters. The third kappa shape index (κ3) is 20.7. The quantitative estimate of drug-likeness (QED) is 0.145. The van der Waals surface area contributed by atoms with E-state index < -0.39 is 84.4 Å². The normalized spacial score (nSPS) is 13.6. The summed E-state index contributed by atoms with van der Waals surface area (Å²) in [6, 6.07) is 13.2. The van der Waals surface area contributed by atoms with Crippen molar-refractivity contribution in [3.8, 4) is 0 Å². The number of amides is 4. The lowest BCUT2D eigenvalue weighted by molar-refractivity contribution is -0.152. The molecule has 0 fully saturated rings. The van der Waals surface area contributed by atoms with Crippen LogP contribution < -0.4 is 21.3 Å². The lowest BCUT2D eigenvalue weighted by Crippen LogP contribution is -2.53. The molecule has 2 aromatic rings. The summed E-state index contributed by atoms with van der Waals surface area (Å²) in [5.41, 5.74) is -0.527. The monoisotopic (exact) mass is 750 g/mol. The second-order valence-corrected chi connectivity index (χ2v) is 13.3. The number of benzene rings is 2. The van der Waals surface area contributed by atoms with Crippen molar-refractivity contribution in [3.63, 3.8) is 0 Å². The Morgan fingerprint density at radius 2 is 1.04 bits per heavy atom. The molecule has 3 unspecified atom stereocenters. The maximum absolute atomic E-state index is 12.7. The summed E-state index contributed by atoms with van der Waals surface area (Å²) in [5, 5.41) is 18.3. The molecule has 2 rings (SSSR count). The van der Waals surface area contributed by atoms with Gasteiger partial charge in [0.2, 0.25) is 5.78 Å².